The van der Waals surface area contributed by atoms with Crippen LogP contribution in [-0.2, 0) is 0 Å². The predicted molar refractivity (Wildman–Crippen MR) is 229 cm³/mol. The minimum atomic E-state index is 1.10. The van der Waals surface area contributed by atoms with E-state index in [9.17, 15) is 0 Å². The summed E-state index contributed by atoms with van der Waals surface area (Å²) >= 11 is 0. The molecule has 0 saturated carbocycles. The Morgan fingerprint density at radius 1 is 0.296 bits per heavy atom. The van der Waals surface area contributed by atoms with Gasteiger partial charge in [-0.2, -0.15) is 0 Å². The Kier molecular flexibility index (Phi) is 7.85. The molecule has 0 fully saturated rings. The number of hydrogen-bond acceptors (Lipinski definition) is 1. The van der Waals surface area contributed by atoms with E-state index in [4.69, 9.17) is 0 Å². The molecule has 0 aliphatic carbocycles. The molecular weight excluding hydrogens is 653 g/mol. The number of hydrogen-bond donors (Lipinski definition) is 0. The SMILES string of the molecule is c1ccc(-c2ccccc2-c2ccc(N(c3ccccc3)c3ccc(-c4ccccc4-n4c5ccccc5c5cc6ccccc6cc54)cc3)cc2)cc1. The van der Waals surface area contributed by atoms with E-state index in [1.54, 1.807) is 0 Å². The van der Waals surface area contributed by atoms with Crippen molar-refractivity contribution in [2.24, 2.45) is 0 Å². The molecular formula is C52H36N2. The van der Waals surface area contributed by atoms with Crippen molar-refractivity contribution in [2.45, 2.75) is 0 Å². The first kappa shape index (κ1) is 31.6. The minimum Gasteiger partial charge on any atom is -0.311 e. The van der Waals surface area contributed by atoms with Gasteiger partial charge in [-0.25, -0.2) is 0 Å². The van der Waals surface area contributed by atoms with Gasteiger partial charge in [0.25, 0.3) is 0 Å². The van der Waals surface area contributed by atoms with Crippen LogP contribution in [0.2, 0.25) is 0 Å². The highest BCUT2D eigenvalue weighted by Crippen LogP contribution is 2.41. The van der Waals surface area contributed by atoms with Crippen LogP contribution < -0.4 is 4.90 Å². The van der Waals surface area contributed by atoms with Crippen LogP contribution in [0.4, 0.5) is 17.1 Å². The average molecular weight is 689 g/mol. The number of benzene rings is 9. The van der Waals surface area contributed by atoms with Gasteiger partial charge in [0.1, 0.15) is 0 Å². The summed E-state index contributed by atoms with van der Waals surface area (Å²) < 4.78 is 2.44. The molecule has 254 valence electrons. The van der Waals surface area contributed by atoms with Crippen molar-refractivity contribution < 1.29 is 0 Å². The summed E-state index contributed by atoms with van der Waals surface area (Å²) in [6.07, 6.45) is 0. The molecule has 0 radical (unpaired) electrons. The fraction of sp³-hybridized carbons (Fsp3) is 0. The first-order valence-corrected chi connectivity index (χ1v) is 18.5. The fourth-order valence-corrected chi connectivity index (χ4v) is 8.04. The van der Waals surface area contributed by atoms with Crippen molar-refractivity contribution in [1.82, 2.24) is 4.57 Å². The average Bonchev–Trinajstić information content (AvgIpc) is 3.57. The molecule has 0 unspecified atom stereocenters. The van der Waals surface area contributed by atoms with Crippen molar-refractivity contribution in [3.05, 3.63) is 218 Å². The van der Waals surface area contributed by atoms with Crippen LogP contribution in [0.5, 0.6) is 0 Å². The highest BCUT2D eigenvalue weighted by Gasteiger charge is 2.18. The van der Waals surface area contributed by atoms with Gasteiger partial charge in [0.05, 0.1) is 16.7 Å². The summed E-state index contributed by atoms with van der Waals surface area (Å²) in [5.74, 6) is 0. The molecule has 1 aromatic heterocycles. The van der Waals surface area contributed by atoms with Gasteiger partial charge in [0, 0.05) is 33.4 Å². The van der Waals surface area contributed by atoms with E-state index in [1.807, 2.05) is 0 Å². The number of nitrogens with zero attached hydrogens (tertiary/aromatic N) is 2. The number of anilines is 3. The van der Waals surface area contributed by atoms with Crippen LogP contribution in [0.1, 0.15) is 0 Å². The van der Waals surface area contributed by atoms with Crippen molar-refractivity contribution in [3.63, 3.8) is 0 Å². The van der Waals surface area contributed by atoms with Crippen LogP contribution in [0.15, 0.2) is 218 Å². The Morgan fingerprint density at radius 3 is 1.43 bits per heavy atom. The van der Waals surface area contributed by atoms with Crippen molar-refractivity contribution >= 4 is 49.6 Å². The van der Waals surface area contributed by atoms with E-state index < -0.39 is 0 Å². The van der Waals surface area contributed by atoms with Crippen LogP contribution in [-0.4, -0.2) is 4.57 Å². The van der Waals surface area contributed by atoms with Crippen LogP contribution in [0.3, 0.4) is 0 Å². The molecule has 0 bridgehead atoms. The molecule has 10 aromatic rings. The van der Waals surface area contributed by atoms with Gasteiger partial charge >= 0.3 is 0 Å². The molecule has 9 aromatic carbocycles. The van der Waals surface area contributed by atoms with E-state index >= 15 is 0 Å². The Hall–Kier alpha value is -7.16. The molecule has 0 N–H and O–H groups in total. The zero-order valence-corrected chi connectivity index (χ0v) is 29.7. The van der Waals surface area contributed by atoms with Gasteiger partial charge in [-0.05, 0) is 99.3 Å². The lowest BCUT2D eigenvalue weighted by atomic mass is 9.94. The smallest absolute Gasteiger partial charge is 0.0547 e. The van der Waals surface area contributed by atoms with Gasteiger partial charge in [0.2, 0.25) is 0 Å². The third-order valence-corrected chi connectivity index (χ3v) is 10.6. The van der Waals surface area contributed by atoms with E-state index in [2.05, 4.69) is 228 Å². The van der Waals surface area contributed by atoms with Crippen LogP contribution in [0.25, 0.3) is 71.6 Å². The first-order valence-electron chi connectivity index (χ1n) is 18.5. The molecule has 1 heterocycles. The first-order chi connectivity index (χ1) is 26.8. The van der Waals surface area contributed by atoms with E-state index in [0.29, 0.717) is 0 Å². The molecule has 2 heteroatoms. The number of para-hydroxylation sites is 3. The molecule has 0 saturated heterocycles. The topological polar surface area (TPSA) is 8.17 Å². The normalized spacial score (nSPS) is 11.3. The Labute approximate surface area is 315 Å². The molecule has 0 amide bonds. The largest absolute Gasteiger partial charge is 0.311 e. The fourth-order valence-electron chi connectivity index (χ4n) is 8.04. The second-order valence-electron chi connectivity index (χ2n) is 13.8. The van der Waals surface area contributed by atoms with Gasteiger partial charge in [-0.1, -0.05) is 158 Å². The maximum Gasteiger partial charge on any atom is 0.0547 e. The van der Waals surface area contributed by atoms with Crippen LogP contribution >= 0.6 is 0 Å². The third kappa shape index (κ3) is 5.53. The molecule has 0 atom stereocenters. The summed E-state index contributed by atoms with van der Waals surface area (Å²) in [7, 11) is 0. The molecule has 2 nitrogen and oxygen atoms in total. The van der Waals surface area contributed by atoms with Crippen molar-refractivity contribution in [2.75, 3.05) is 4.90 Å². The summed E-state index contributed by atoms with van der Waals surface area (Å²) in [4.78, 5) is 2.33. The highest BCUT2D eigenvalue weighted by molar-refractivity contribution is 6.14. The van der Waals surface area contributed by atoms with Gasteiger partial charge in [-0.3, -0.25) is 0 Å². The van der Waals surface area contributed by atoms with Gasteiger partial charge in [-0.15, -0.1) is 0 Å². The molecule has 0 aliphatic rings. The summed E-state index contributed by atoms with van der Waals surface area (Å²) in [5.41, 5.74) is 14.1. The monoisotopic (exact) mass is 688 g/mol. The summed E-state index contributed by atoms with van der Waals surface area (Å²) in [5, 5.41) is 5.02. The summed E-state index contributed by atoms with van der Waals surface area (Å²) in [6, 6.07) is 78.8. The second kappa shape index (κ2) is 13.4. The lowest BCUT2D eigenvalue weighted by molar-refractivity contribution is 1.18. The van der Waals surface area contributed by atoms with E-state index in [1.165, 1.54) is 66.0 Å². The van der Waals surface area contributed by atoms with E-state index in [-0.39, 0.29) is 0 Å². The molecule has 54 heavy (non-hydrogen) atoms. The zero-order valence-electron chi connectivity index (χ0n) is 29.7. The number of rotatable bonds is 7. The quantitative estimate of drug-likeness (QED) is 0.162. The zero-order chi connectivity index (χ0) is 35.8. The Bertz CT molecular complexity index is 2910. The van der Waals surface area contributed by atoms with Crippen molar-refractivity contribution in [3.8, 4) is 39.1 Å². The van der Waals surface area contributed by atoms with E-state index in [0.717, 1.165) is 22.7 Å². The molecule has 0 spiro atoms. The third-order valence-electron chi connectivity index (χ3n) is 10.6. The standard InChI is InChI=1S/C52H36N2/c1-3-15-37(16-4-1)45-21-9-10-22-46(45)38-27-31-43(32-28-38)53(42-19-5-2-6-20-42)44-33-29-39(30-34-44)47-23-11-13-25-50(47)54-51-26-14-12-24-48(51)49-35-40-17-7-8-18-41(40)36-52(49)54/h1-36H. The predicted octanol–water partition coefficient (Wildman–Crippen LogP) is 14.4. The number of fused-ring (bicyclic) bond motifs is 4. The maximum absolute atomic E-state index is 2.44. The highest BCUT2D eigenvalue weighted by atomic mass is 15.1. The number of aromatic nitrogens is 1. The lowest BCUT2D eigenvalue weighted by Gasteiger charge is -2.26. The van der Waals surface area contributed by atoms with Gasteiger partial charge in [0.15, 0.2) is 0 Å². The Balaban J connectivity index is 1.05. The van der Waals surface area contributed by atoms with Crippen molar-refractivity contribution in [1.29, 1.82) is 0 Å². The summed E-state index contributed by atoms with van der Waals surface area (Å²) in [6.45, 7) is 0. The minimum absolute atomic E-state index is 1.10. The second-order valence-corrected chi connectivity index (χ2v) is 13.8. The van der Waals surface area contributed by atoms with Crippen LogP contribution in [0, 0.1) is 0 Å². The Morgan fingerprint density at radius 2 is 0.759 bits per heavy atom. The van der Waals surface area contributed by atoms with Gasteiger partial charge < -0.3 is 9.47 Å². The molecule has 10 rings (SSSR count). The lowest BCUT2D eigenvalue weighted by Crippen LogP contribution is -2.09. The molecule has 0 aliphatic heterocycles. The maximum atomic E-state index is 2.44.